The highest BCUT2D eigenvalue weighted by molar-refractivity contribution is 7.89. The highest BCUT2D eigenvalue weighted by Gasteiger charge is 2.31. The second kappa shape index (κ2) is 9.43. The second-order valence-corrected chi connectivity index (χ2v) is 9.23. The Morgan fingerprint density at radius 3 is 2.10 bits per heavy atom. The van der Waals surface area contributed by atoms with Gasteiger partial charge in [0.1, 0.15) is 0 Å². The second-order valence-electron chi connectivity index (χ2n) is 6.90. The van der Waals surface area contributed by atoms with Gasteiger partial charge >= 0.3 is 0 Å². The lowest BCUT2D eigenvalue weighted by Crippen LogP contribution is -2.34. The van der Waals surface area contributed by atoms with Gasteiger partial charge in [-0.15, -0.1) is 0 Å². The number of benzene rings is 3. The molecule has 0 aromatic heterocycles. The van der Waals surface area contributed by atoms with Crippen LogP contribution in [0.25, 0.3) is 0 Å². The number of amides is 1. The lowest BCUT2D eigenvalue weighted by Gasteiger charge is -2.31. The van der Waals surface area contributed by atoms with Crippen LogP contribution in [-0.2, 0) is 16.6 Å². The Kier molecular flexibility index (Phi) is 6.92. The van der Waals surface area contributed by atoms with Crippen molar-refractivity contribution < 1.29 is 13.2 Å². The zero-order valence-electron chi connectivity index (χ0n) is 16.5. The molecule has 0 aliphatic heterocycles. The van der Waals surface area contributed by atoms with Gasteiger partial charge in [0.05, 0.1) is 10.9 Å². The molecule has 5 nitrogen and oxygen atoms in total. The van der Waals surface area contributed by atoms with E-state index in [2.05, 4.69) is 0 Å². The summed E-state index contributed by atoms with van der Waals surface area (Å²) in [6.07, 6.45) is 0.576. The Labute approximate surface area is 182 Å². The smallest absolute Gasteiger partial charge is 0.248 e. The zero-order valence-corrected chi connectivity index (χ0v) is 18.1. The molecule has 0 aliphatic carbocycles. The van der Waals surface area contributed by atoms with Gasteiger partial charge in [-0.05, 0) is 53.9 Å². The standard InChI is InChI=1S/C23H23ClN2O3S/c1-2-22(18-12-14-20(24)15-13-18)26(30(28,29)21-6-4-3-5-7-21)16-17-8-10-19(11-9-17)23(25)27/h3-15,22H,2,16H2,1H3,(H2,25,27)/t22-/m0/s1. The summed E-state index contributed by atoms with van der Waals surface area (Å²) in [6, 6.07) is 21.9. The maximum atomic E-state index is 13.6. The van der Waals surface area contributed by atoms with Crippen molar-refractivity contribution in [2.24, 2.45) is 5.73 Å². The predicted octanol–water partition coefficient (Wildman–Crippen LogP) is 4.78. The fourth-order valence-corrected chi connectivity index (χ4v) is 5.16. The third kappa shape index (κ3) is 4.90. The van der Waals surface area contributed by atoms with Crippen LogP contribution in [0, 0.1) is 0 Å². The van der Waals surface area contributed by atoms with Crippen LogP contribution in [-0.4, -0.2) is 18.6 Å². The van der Waals surface area contributed by atoms with Gasteiger partial charge < -0.3 is 5.73 Å². The van der Waals surface area contributed by atoms with E-state index in [4.69, 9.17) is 17.3 Å². The van der Waals surface area contributed by atoms with Crippen molar-refractivity contribution in [1.82, 2.24) is 4.31 Å². The normalized spacial score (nSPS) is 12.6. The van der Waals surface area contributed by atoms with Crippen molar-refractivity contribution in [3.8, 4) is 0 Å². The van der Waals surface area contributed by atoms with Gasteiger partial charge in [-0.1, -0.05) is 61.0 Å². The van der Waals surface area contributed by atoms with Crippen LogP contribution in [0.4, 0.5) is 0 Å². The molecule has 0 saturated heterocycles. The number of carbonyl (C=O) groups excluding carboxylic acids is 1. The first-order chi connectivity index (χ1) is 14.3. The van der Waals surface area contributed by atoms with Crippen molar-refractivity contribution in [2.75, 3.05) is 0 Å². The van der Waals surface area contributed by atoms with Gasteiger partial charge in [0.15, 0.2) is 0 Å². The molecule has 0 bridgehead atoms. The van der Waals surface area contributed by atoms with E-state index in [0.717, 1.165) is 11.1 Å². The van der Waals surface area contributed by atoms with Crippen LogP contribution in [0.3, 0.4) is 0 Å². The Morgan fingerprint density at radius 2 is 1.57 bits per heavy atom. The van der Waals surface area contributed by atoms with Crippen molar-refractivity contribution in [2.45, 2.75) is 30.8 Å². The van der Waals surface area contributed by atoms with Gasteiger partial charge in [0, 0.05) is 17.1 Å². The number of sulfonamides is 1. The summed E-state index contributed by atoms with van der Waals surface area (Å²) in [4.78, 5) is 11.6. The molecule has 3 rings (SSSR count). The number of hydrogen-bond acceptors (Lipinski definition) is 3. The molecule has 2 N–H and O–H groups in total. The number of nitrogens with two attached hydrogens (primary N) is 1. The Morgan fingerprint density at radius 1 is 0.967 bits per heavy atom. The van der Waals surface area contributed by atoms with Crippen LogP contribution >= 0.6 is 11.6 Å². The molecule has 3 aromatic rings. The first-order valence-electron chi connectivity index (χ1n) is 9.54. The van der Waals surface area contributed by atoms with E-state index >= 15 is 0 Å². The molecule has 30 heavy (non-hydrogen) atoms. The number of nitrogens with zero attached hydrogens (tertiary/aromatic N) is 1. The maximum Gasteiger partial charge on any atom is 0.248 e. The average molecular weight is 443 g/mol. The third-order valence-corrected chi connectivity index (χ3v) is 7.04. The van der Waals surface area contributed by atoms with Gasteiger partial charge in [-0.25, -0.2) is 8.42 Å². The molecule has 3 aromatic carbocycles. The summed E-state index contributed by atoms with van der Waals surface area (Å²) in [5.41, 5.74) is 7.30. The fourth-order valence-electron chi connectivity index (χ4n) is 3.34. The molecule has 0 unspecified atom stereocenters. The summed E-state index contributed by atoms with van der Waals surface area (Å²) in [6.45, 7) is 2.10. The molecule has 0 spiro atoms. The van der Waals surface area contributed by atoms with Gasteiger partial charge in [-0.3, -0.25) is 4.79 Å². The van der Waals surface area contributed by atoms with Crippen LogP contribution < -0.4 is 5.73 Å². The van der Waals surface area contributed by atoms with Crippen molar-refractivity contribution in [3.05, 3.63) is 101 Å². The molecule has 0 aliphatic rings. The Balaban J connectivity index is 2.05. The highest BCUT2D eigenvalue weighted by Crippen LogP contribution is 2.32. The molecule has 0 heterocycles. The van der Waals surface area contributed by atoms with E-state index < -0.39 is 15.9 Å². The minimum atomic E-state index is -3.79. The van der Waals surface area contributed by atoms with Gasteiger partial charge in [-0.2, -0.15) is 4.31 Å². The first kappa shape index (κ1) is 22.0. The molecular formula is C23H23ClN2O3S. The fraction of sp³-hybridized carbons (Fsp3) is 0.174. The quantitative estimate of drug-likeness (QED) is 0.545. The summed E-state index contributed by atoms with van der Waals surface area (Å²) in [5.74, 6) is -0.525. The molecular weight excluding hydrogens is 420 g/mol. The minimum Gasteiger partial charge on any atom is -0.366 e. The Hall–Kier alpha value is -2.67. The summed E-state index contributed by atoms with van der Waals surface area (Å²) >= 11 is 6.03. The molecule has 0 saturated carbocycles. The summed E-state index contributed by atoms with van der Waals surface area (Å²) in [7, 11) is -3.79. The van der Waals surface area contributed by atoms with Crippen LogP contribution in [0.5, 0.6) is 0 Å². The molecule has 1 amide bonds. The van der Waals surface area contributed by atoms with Crippen molar-refractivity contribution in [3.63, 3.8) is 0 Å². The largest absolute Gasteiger partial charge is 0.366 e. The van der Waals surface area contributed by atoms with E-state index in [0.29, 0.717) is 17.0 Å². The molecule has 0 fully saturated rings. The van der Waals surface area contributed by atoms with E-state index in [1.165, 1.54) is 4.31 Å². The predicted molar refractivity (Wildman–Crippen MR) is 119 cm³/mol. The zero-order chi connectivity index (χ0) is 21.7. The Bertz CT molecular complexity index is 1100. The average Bonchev–Trinajstić information content (AvgIpc) is 2.75. The van der Waals surface area contributed by atoms with Crippen molar-refractivity contribution >= 4 is 27.5 Å². The van der Waals surface area contributed by atoms with E-state index in [1.54, 1.807) is 66.7 Å². The molecule has 156 valence electrons. The molecule has 7 heteroatoms. The summed E-state index contributed by atoms with van der Waals surface area (Å²) < 4.78 is 28.6. The SMILES string of the molecule is CC[C@@H](c1ccc(Cl)cc1)N(Cc1ccc(C(N)=O)cc1)S(=O)(=O)c1ccccc1. The van der Waals surface area contributed by atoms with E-state index in [9.17, 15) is 13.2 Å². The number of halogens is 1. The number of rotatable bonds is 8. The molecule has 0 radical (unpaired) electrons. The van der Waals surface area contributed by atoms with Gasteiger partial charge in [0.25, 0.3) is 0 Å². The third-order valence-electron chi connectivity index (χ3n) is 4.92. The number of primary amides is 1. The maximum absolute atomic E-state index is 13.6. The monoisotopic (exact) mass is 442 g/mol. The van der Waals surface area contributed by atoms with Crippen molar-refractivity contribution in [1.29, 1.82) is 0 Å². The topological polar surface area (TPSA) is 80.5 Å². The lowest BCUT2D eigenvalue weighted by atomic mass is 10.0. The minimum absolute atomic E-state index is 0.150. The summed E-state index contributed by atoms with van der Waals surface area (Å²) in [5, 5.41) is 0.591. The van der Waals surface area contributed by atoms with Gasteiger partial charge in [0.2, 0.25) is 15.9 Å². The molecule has 1 atom stereocenters. The first-order valence-corrected chi connectivity index (χ1v) is 11.4. The lowest BCUT2D eigenvalue weighted by molar-refractivity contribution is 0.1000. The highest BCUT2D eigenvalue weighted by atomic mass is 35.5. The number of hydrogen-bond donors (Lipinski definition) is 1. The number of carbonyl (C=O) groups is 1. The van der Waals surface area contributed by atoms with Crippen LogP contribution in [0.15, 0.2) is 83.8 Å². The van der Waals surface area contributed by atoms with Crippen LogP contribution in [0.2, 0.25) is 5.02 Å². The van der Waals surface area contributed by atoms with E-state index in [1.807, 2.05) is 19.1 Å². The van der Waals surface area contributed by atoms with Crippen LogP contribution in [0.1, 0.15) is 40.9 Å². The van der Waals surface area contributed by atoms with E-state index in [-0.39, 0.29) is 17.5 Å².